The molecule has 0 aliphatic carbocycles. The van der Waals surface area contributed by atoms with Crippen molar-refractivity contribution in [1.29, 1.82) is 0 Å². The highest BCUT2D eigenvalue weighted by Gasteiger charge is 2.21. The zero-order chi connectivity index (χ0) is 31.0. The maximum atomic E-state index is 6.61. The maximum Gasteiger partial charge on any atom is 0.0742 e. The summed E-state index contributed by atoms with van der Waals surface area (Å²) in [6, 6.07) is 46.5. The number of hydrogen-bond acceptors (Lipinski definition) is 2. The van der Waals surface area contributed by atoms with Crippen LogP contribution in [-0.4, -0.2) is 12.3 Å². The topological polar surface area (TPSA) is 38.4 Å². The third-order valence-corrected chi connectivity index (χ3v) is 9.20. The van der Waals surface area contributed by atoms with Crippen LogP contribution in [-0.2, 0) is 0 Å². The van der Waals surface area contributed by atoms with Crippen LogP contribution in [0.4, 0.5) is 0 Å². The number of nitrogens with zero attached hydrogens (tertiary/aromatic N) is 1. The van der Waals surface area contributed by atoms with Gasteiger partial charge in [0.15, 0.2) is 0 Å². The van der Waals surface area contributed by atoms with Gasteiger partial charge in [0.05, 0.1) is 5.71 Å². The van der Waals surface area contributed by atoms with Crippen molar-refractivity contribution in [3.8, 4) is 22.3 Å². The van der Waals surface area contributed by atoms with Crippen LogP contribution in [0, 0.1) is 0 Å². The van der Waals surface area contributed by atoms with Gasteiger partial charge in [-0.1, -0.05) is 140 Å². The van der Waals surface area contributed by atoms with E-state index in [2.05, 4.69) is 133 Å². The summed E-state index contributed by atoms with van der Waals surface area (Å²) >= 11 is 0. The second-order valence-corrected chi connectivity index (χ2v) is 11.9. The lowest BCUT2D eigenvalue weighted by atomic mass is 9.83. The fourth-order valence-corrected chi connectivity index (χ4v) is 7.15. The average molecular weight is 591 g/mol. The van der Waals surface area contributed by atoms with Crippen molar-refractivity contribution in [3.63, 3.8) is 0 Å². The third-order valence-electron chi connectivity index (χ3n) is 9.20. The van der Waals surface area contributed by atoms with Crippen molar-refractivity contribution < 1.29 is 0 Å². The number of benzene rings is 7. The minimum atomic E-state index is 0.742. The third kappa shape index (κ3) is 4.62. The number of nitrogens with two attached hydrogens (primary N) is 1. The summed E-state index contributed by atoms with van der Waals surface area (Å²) in [5, 5.41) is 9.89. The van der Waals surface area contributed by atoms with E-state index in [9.17, 15) is 0 Å². The Morgan fingerprint density at radius 3 is 1.89 bits per heavy atom. The number of aliphatic imine (C=N–C) groups is 1. The molecule has 0 unspecified atom stereocenters. The molecule has 7 aromatic carbocycles. The van der Waals surface area contributed by atoms with Crippen molar-refractivity contribution in [2.24, 2.45) is 10.7 Å². The predicted molar refractivity (Wildman–Crippen MR) is 199 cm³/mol. The van der Waals surface area contributed by atoms with E-state index in [4.69, 9.17) is 10.7 Å². The Morgan fingerprint density at radius 2 is 1.20 bits per heavy atom. The summed E-state index contributed by atoms with van der Waals surface area (Å²) < 4.78 is 0. The Balaban J connectivity index is 1.40. The van der Waals surface area contributed by atoms with Crippen molar-refractivity contribution in [3.05, 3.63) is 169 Å². The molecule has 0 fully saturated rings. The molecule has 0 spiro atoms. The largest absolute Gasteiger partial charge is 0.398 e. The molecule has 8 rings (SSSR count). The molecule has 2 heteroatoms. The first-order valence-corrected chi connectivity index (χ1v) is 16.0. The summed E-state index contributed by atoms with van der Waals surface area (Å²) in [6.07, 6.45) is 9.07. The molecule has 220 valence electrons. The summed E-state index contributed by atoms with van der Waals surface area (Å²) in [5.74, 6) is 0. The molecule has 0 aromatic heterocycles. The number of fused-ring (bicyclic) bond motifs is 4. The van der Waals surface area contributed by atoms with Crippen molar-refractivity contribution in [2.45, 2.75) is 13.3 Å². The van der Waals surface area contributed by atoms with Gasteiger partial charge in [-0.2, -0.15) is 0 Å². The molecule has 0 bridgehead atoms. The van der Waals surface area contributed by atoms with Crippen LogP contribution >= 0.6 is 0 Å². The molecule has 0 radical (unpaired) electrons. The molecule has 0 atom stereocenters. The second-order valence-electron chi connectivity index (χ2n) is 11.9. The van der Waals surface area contributed by atoms with Gasteiger partial charge in [-0.15, -0.1) is 0 Å². The highest BCUT2D eigenvalue weighted by atomic mass is 14.8. The Morgan fingerprint density at radius 1 is 0.609 bits per heavy atom. The summed E-state index contributed by atoms with van der Waals surface area (Å²) in [5.41, 5.74) is 15.4. The molecular weight excluding hydrogens is 556 g/mol. The van der Waals surface area contributed by atoms with E-state index in [1.54, 1.807) is 0 Å². The van der Waals surface area contributed by atoms with E-state index in [1.165, 1.54) is 65.3 Å². The fraction of sp³-hybridized carbons (Fsp3) is 0.0682. The van der Waals surface area contributed by atoms with E-state index in [1.807, 2.05) is 25.2 Å². The monoisotopic (exact) mass is 590 g/mol. The maximum absolute atomic E-state index is 6.61. The van der Waals surface area contributed by atoms with Gasteiger partial charge < -0.3 is 5.73 Å². The van der Waals surface area contributed by atoms with Gasteiger partial charge in [0.25, 0.3) is 0 Å². The molecule has 0 saturated carbocycles. The van der Waals surface area contributed by atoms with Crippen LogP contribution in [0.1, 0.15) is 18.9 Å². The highest BCUT2D eigenvalue weighted by Crippen LogP contribution is 2.46. The highest BCUT2D eigenvalue weighted by molar-refractivity contribution is 6.26. The van der Waals surface area contributed by atoms with Crippen molar-refractivity contribution in [1.82, 2.24) is 0 Å². The number of dihydropyridines is 1. The lowest BCUT2D eigenvalue weighted by Crippen LogP contribution is -2.16. The average Bonchev–Trinajstić information content (AvgIpc) is 3.12. The lowest BCUT2D eigenvalue weighted by Gasteiger charge is -2.21. The summed E-state index contributed by atoms with van der Waals surface area (Å²) in [6.45, 7) is 2.76. The van der Waals surface area contributed by atoms with Gasteiger partial charge in [0, 0.05) is 23.4 Å². The molecule has 46 heavy (non-hydrogen) atoms. The van der Waals surface area contributed by atoms with E-state index >= 15 is 0 Å². The first kappa shape index (κ1) is 27.8. The Kier molecular flexibility index (Phi) is 7.04. The zero-order valence-corrected chi connectivity index (χ0v) is 25.9. The van der Waals surface area contributed by atoms with Gasteiger partial charge in [0.2, 0.25) is 0 Å². The van der Waals surface area contributed by atoms with Gasteiger partial charge in [-0.3, -0.25) is 4.99 Å². The van der Waals surface area contributed by atoms with E-state index < -0.39 is 0 Å². The zero-order valence-electron chi connectivity index (χ0n) is 25.9. The first-order chi connectivity index (χ1) is 22.7. The molecule has 0 saturated heterocycles. The van der Waals surface area contributed by atoms with Gasteiger partial charge >= 0.3 is 0 Å². The first-order valence-electron chi connectivity index (χ1n) is 16.0. The molecule has 7 aromatic rings. The minimum absolute atomic E-state index is 0.742. The Hall–Kier alpha value is -5.73. The molecular formula is C44H34N2. The summed E-state index contributed by atoms with van der Waals surface area (Å²) in [4.78, 5) is 5.03. The van der Waals surface area contributed by atoms with Crippen LogP contribution in [0.15, 0.2) is 168 Å². The SMILES string of the molecule is C/C=C\C=C(/N)C1=CCCN=C1c1cccc2c(-c3c4ccccc4c(-c4ccc5ccccc5c4)c4ccccc34)cccc12. The van der Waals surface area contributed by atoms with Crippen LogP contribution in [0.5, 0.6) is 0 Å². The predicted octanol–water partition coefficient (Wildman–Crippen LogP) is 11.2. The van der Waals surface area contributed by atoms with Crippen LogP contribution in [0.3, 0.4) is 0 Å². The van der Waals surface area contributed by atoms with Crippen LogP contribution in [0.25, 0.3) is 65.3 Å². The standard InChI is InChI=1S/C44H34N2/c1-2-3-24-41(45)40-23-12-27-46-44(40)39-22-11-19-32-33(39)20-10-21-34(32)43-37-17-8-6-15-35(37)42(36-16-7-9-18-38(36)43)31-26-25-29-13-4-5-14-30(29)28-31/h2-11,13-26,28H,12,27,45H2,1H3/b3-2-,41-24-. The molecule has 2 nitrogen and oxygen atoms in total. The normalized spacial score (nSPS) is 14.0. The van der Waals surface area contributed by atoms with Crippen LogP contribution in [0.2, 0.25) is 0 Å². The molecule has 0 amide bonds. The van der Waals surface area contributed by atoms with E-state index in [0.717, 1.165) is 35.5 Å². The number of hydrogen-bond donors (Lipinski definition) is 1. The Labute approximate surface area is 269 Å². The van der Waals surface area contributed by atoms with E-state index in [0.29, 0.717) is 0 Å². The molecule has 1 heterocycles. The van der Waals surface area contributed by atoms with Crippen molar-refractivity contribution >= 4 is 48.8 Å². The molecule has 1 aliphatic rings. The van der Waals surface area contributed by atoms with E-state index in [-0.39, 0.29) is 0 Å². The number of allylic oxidation sites excluding steroid dienone is 4. The van der Waals surface area contributed by atoms with Gasteiger partial charge in [-0.25, -0.2) is 0 Å². The molecule has 1 aliphatic heterocycles. The Bertz CT molecular complexity index is 2380. The van der Waals surface area contributed by atoms with Gasteiger partial charge in [0.1, 0.15) is 0 Å². The fourth-order valence-electron chi connectivity index (χ4n) is 7.15. The quantitative estimate of drug-likeness (QED) is 0.157. The number of rotatable bonds is 5. The van der Waals surface area contributed by atoms with Crippen LogP contribution < -0.4 is 5.73 Å². The summed E-state index contributed by atoms with van der Waals surface area (Å²) in [7, 11) is 0. The minimum Gasteiger partial charge on any atom is -0.398 e. The van der Waals surface area contributed by atoms with Crippen molar-refractivity contribution in [2.75, 3.05) is 6.54 Å². The lowest BCUT2D eigenvalue weighted by molar-refractivity contribution is 0.980. The molecule has 2 N–H and O–H groups in total. The smallest absolute Gasteiger partial charge is 0.0742 e. The second kappa shape index (κ2) is 11.6. The van der Waals surface area contributed by atoms with Gasteiger partial charge in [-0.05, 0) is 90.8 Å².